The molecule has 0 bridgehead atoms. The number of rotatable bonds is 6. The topological polar surface area (TPSA) is 66.4 Å². The van der Waals surface area contributed by atoms with E-state index in [1.54, 1.807) is 0 Å². The minimum absolute atomic E-state index is 0.00987. The molecule has 1 unspecified atom stereocenters. The summed E-state index contributed by atoms with van der Waals surface area (Å²) in [7, 11) is 0. The zero-order valence-electron chi connectivity index (χ0n) is 12.8. The highest BCUT2D eigenvalue weighted by molar-refractivity contribution is 5.79. The zero-order valence-corrected chi connectivity index (χ0v) is 12.8. The lowest BCUT2D eigenvalue weighted by atomic mass is 9.86. The first-order valence-electron chi connectivity index (χ1n) is 7.80. The smallest absolute Gasteiger partial charge is 0.308 e. The Balaban J connectivity index is 1.84. The molecule has 0 radical (unpaired) electrons. The summed E-state index contributed by atoms with van der Waals surface area (Å²) in [6, 6.07) is 9.17. The number of nitrogens with one attached hydrogen (secondary N) is 1. The number of hydrogen-bond acceptors (Lipinski definition) is 2. The van der Waals surface area contributed by atoms with E-state index in [-0.39, 0.29) is 38.1 Å². The van der Waals surface area contributed by atoms with Crippen LogP contribution in [0.15, 0.2) is 30.3 Å². The van der Waals surface area contributed by atoms with Crippen LogP contribution in [-0.4, -0.2) is 29.5 Å². The number of carboxylic acids is 1. The molecule has 0 saturated heterocycles. The maximum atomic E-state index is 13.1. The summed E-state index contributed by atoms with van der Waals surface area (Å²) in [5.74, 6) is -5.15. The van der Waals surface area contributed by atoms with Crippen LogP contribution in [0, 0.1) is 11.8 Å². The van der Waals surface area contributed by atoms with Crippen molar-refractivity contribution in [2.24, 2.45) is 11.8 Å². The Kier molecular flexibility index (Phi) is 5.69. The van der Waals surface area contributed by atoms with Crippen molar-refractivity contribution in [3.05, 3.63) is 35.9 Å². The summed E-state index contributed by atoms with van der Waals surface area (Å²) in [5.41, 5.74) is 0.881. The van der Waals surface area contributed by atoms with Gasteiger partial charge in [-0.3, -0.25) is 9.59 Å². The van der Waals surface area contributed by atoms with Crippen molar-refractivity contribution in [1.29, 1.82) is 0 Å². The summed E-state index contributed by atoms with van der Waals surface area (Å²) in [5, 5.41) is 11.9. The van der Waals surface area contributed by atoms with Crippen LogP contribution in [0.1, 0.15) is 31.2 Å². The predicted octanol–water partition coefficient (Wildman–Crippen LogP) is 2.87. The van der Waals surface area contributed by atoms with E-state index >= 15 is 0 Å². The number of amides is 1. The molecule has 2 rings (SSSR count). The molecule has 1 saturated carbocycles. The second kappa shape index (κ2) is 7.53. The SMILES string of the molecule is O=C(O)C(CNC(=O)C1CCC(F)(F)CC1)Cc1ccccc1. The van der Waals surface area contributed by atoms with E-state index in [1.165, 1.54) is 0 Å². The van der Waals surface area contributed by atoms with Gasteiger partial charge in [-0.2, -0.15) is 0 Å². The maximum absolute atomic E-state index is 13.1. The summed E-state index contributed by atoms with van der Waals surface area (Å²) in [6.45, 7) is 0.00987. The first kappa shape index (κ1) is 17.4. The fourth-order valence-corrected chi connectivity index (χ4v) is 2.82. The van der Waals surface area contributed by atoms with Gasteiger partial charge >= 0.3 is 5.97 Å². The molecule has 23 heavy (non-hydrogen) atoms. The van der Waals surface area contributed by atoms with E-state index in [0.29, 0.717) is 6.42 Å². The van der Waals surface area contributed by atoms with Crippen LogP contribution in [0.3, 0.4) is 0 Å². The van der Waals surface area contributed by atoms with Crippen molar-refractivity contribution < 1.29 is 23.5 Å². The number of carbonyl (C=O) groups excluding carboxylic acids is 1. The van der Waals surface area contributed by atoms with E-state index in [9.17, 15) is 23.5 Å². The normalized spacial score (nSPS) is 19.0. The third-order valence-electron chi connectivity index (χ3n) is 4.28. The van der Waals surface area contributed by atoms with Gasteiger partial charge in [-0.05, 0) is 24.8 Å². The Morgan fingerprint density at radius 3 is 2.39 bits per heavy atom. The Bertz CT molecular complexity index is 538. The van der Waals surface area contributed by atoms with Crippen molar-refractivity contribution in [2.45, 2.75) is 38.0 Å². The van der Waals surface area contributed by atoms with Gasteiger partial charge in [0.25, 0.3) is 0 Å². The molecule has 1 aliphatic carbocycles. The standard InChI is InChI=1S/C17H21F2NO3/c18-17(19)8-6-13(7-9-17)15(21)20-11-14(16(22)23)10-12-4-2-1-3-5-12/h1-5,13-14H,6-11H2,(H,20,21)(H,22,23). The maximum Gasteiger partial charge on any atom is 0.308 e. The lowest BCUT2D eigenvalue weighted by Gasteiger charge is -2.27. The molecule has 1 aromatic carbocycles. The molecule has 1 aliphatic rings. The minimum atomic E-state index is -2.67. The average molecular weight is 325 g/mol. The van der Waals surface area contributed by atoms with Gasteiger partial charge < -0.3 is 10.4 Å². The largest absolute Gasteiger partial charge is 0.481 e. The van der Waals surface area contributed by atoms with Crippen LogP contribution in [0.2, 0.25) is 0 Å². The quantitative estimate of drug-likeness (QED) is 0.845. The summed E-state index contributed by atoms with van der Waals surface area (Å²) in [6.07, 6.45) is 0.0542. The highest BCUT2D eigenvalue weighted by Crippen LogP contribution is 2.36. The Labute approximate surface area is 133 Å². The number of benzene rings is 1. The molecule has 6 heteroatoms. The van der Waals surface area contributed by atoms with Crippen LogP contribution in [-0.2, 0) is 16.0 Å². The second-order valence-electron chi connectivity index (χ2n) is 6.10. The van der Waals surface area contributed by atoms with E-state index < -0.39 is 23.7 Å². The summed E-state index contributed by atoms with van der Waals surface area (Å²) >= 11 is 0. The van der Waals surface area contributed by atoms with Crippen LogP contribution in [0.5, 0.6) is 0 Å². The fraction of sp³-hybridized carbons (Fsp3) is 0.529. The van der Waals surface area contributed by atoms with Crippen LogP contribution in [0.4, 0.5) is 8.78 Å². The van der Waals surface area contributed by atoms with Crippen LogP contribution >= 0.6 is 0 Å². The third kappa shape index (κ3) is 5.30. The average Bonchev–Trinajstić information content (AvgIpc) is 2.51. The molecule has 1 fully saturated rings. The van der Waals surface area contributed by atoms with Gasteiger partial charge in [-0.15, -0.1) is 0 Å². The first-order chi connectivity index (χ1) is 10.9. The molecule has 1 amide bonds. The van der Waals surface area contributed by atoms with E-state index in [2.05, 4.69) is 5.32 Å². The van der Waals surface area contributed by atoms with Gasteiger partial charge in [0.15, 0.2) is 0 Å². The van der Waals surface area contributed by atoms with Crippen LogP contribution < -0.4 is 5.32 Å². The predicted molar refractivity (Wildman–Crippen MR) is 81.2 cm³/mol. The van der Waals surface area contributed by atoms with Crippen molar-refractivity contribution in [3.63, 3.8) is 0 Å². The Hall–Kier alpha value is -1.98. The lowest BCUT2D eigenvalue weighted by molar-refractivity contribution is -0.141. The van der Waals surface area contributed by atoms with Gasteiger partial charge in [0.05, 0.1) is 5.92 Å². The van der Waals surface area contributed by atoms with E-state index in [0.717, 1.165) is 5.56 Å². The Morgan fingerprint density at radius 2 is 1.83 bits per heavy atom. The monoisotopic (exact) mass is 325 g/mol. The number of aliphatic carboxylic acids is 1. The highest BCUT2D eigenvalue weighted by atomic mass is 19.3. The van der Waals surface area contributed by atoms with Crippen LogP contribution in [0.25, 0.3) is 0 Å². The molecule has 4 nitrogen and oxygen atoms in total. The highest BCUT2D eigenvalue weighted by Gasteiger charge is 2.37. The molecular formula is C17H21F2NO3. The molecule has 126 valence electrons. The summed E-state index contributed by atoms with van der Waals surface area (Å²) < 4.78 is 26.2. The zero-order chi connectivity index (χ0) is 16.9. The molecule has 1 atom stereocenters. The van der Waals surface area contributed by atoms with Gasteiger partial charge in [0.1, 0.15) is 0 Å². The van der Waals surface area contributed by atoms with Crippen molar-refractivity contribution in [2.75, 3.05) is 6.54 Å². The lowest BCUT2D eigenvalue weighted by Crippen LogP contribution is -2.40. The molecule has 0 heterocycles. The molecule has 0 spiro atoms. The number of carbonyl (C=O) groups is 2. The van der Waals surface area contributed by atoms with Crippen molar-refractivity contribution in [1.82, 2.24) is 5.32 Å². The van der Waals surface area contributed by atoms with Gasteiger partial charge in [0.2, 0.25) is 11.8 Å². The molecule has 1 aromatic rings. The van der Waals surface area contributed by atoms with Gasteiger partial charge in [-0.25, -0.2) is 8.78 Å². The minimum Gasteiger partial charge on any atom is -0.481 e. The number of alkyl halides is 2. The molecule has 2 N–H and O–H groups in total. The second-order valence-corrected chi connectivity index (χ2v) is 6.10. The van der Waals surface area contributed by atoms with E-state index in [1.807, 2.05) is 30.3 Å². The van der Waals surface area contributed by atoms with Crippen molar-refractivity contribution >= 4 is 11.9 Å². The first-order valence-corrected chi connectivity index (χ1v) is 7.80. The number of carboxylic acid groups (broad SMARTS) is 1. The third-order valence-corrected chi connectivity index (χ3v) is 4.28. The molecule has 0 aromatic heterocycles. The molecular weight excluding hydrogens is 304 g/mol. The summed E-state index contributed by atoms with van der Waals surface area (Å²) in [4.78, 5) is 23.4. The fourth-order valence-electron chi connectivity index (χ4n) is 2.82. The van der Waals surface area contributed by atoms with Crippen molar-refractivity contribution in [3.8, 4) is 0 Å². The van der Waals surface area contributed by atoms with E-state index in [4.69, 9.17) is 0 Å². The van der Waals surface area contributed by atoms with Gasteiger partial charge in [-0.1, -0.05) is 30.3 Å². The van der Waals surface area contributed by atoms with Gasteiger partial charge in [0, 0.05) is 25.3 Å². The Morgan fingerprint density at radius 1 is 1.22 bits per heavy atom. The number of hydrogen-bond donors (Lipinski definition) is 2. The molecule has 0 aliphatic heterocycles. The number of halogens is 2.